The maximum absolute atomic E-state index is 12.8. The average molecular weight is 495 g/mol. The number of carbonyl (C=O) groups excluding carboxylic acids is 1. The minimum absolute atomic E-state index is 0.107. The topological polar surface area (TPSA) is 26.3 Å². The quantitative estimate of drug-likeness (QED) is 0.179. The lowest BCUT2D eigenvalue weighted by atomic mass is 9.78. The fourth-order valence-electron chi connectivity index (χ4n) is 6.38. The summed E-state index contributed by atoms with van der Waals surface area (Å²) in [5.74, 6) is 2.37. The van der Waals surface area contributed by atoms with E-state index in [-0.39, 0.29) is 12.1 Å². The lowest BCUT2D eigenvalue weighted by molar-refractivity contribution is 0.0161. The van der Waals surface area contributed by atoms with Crippen molar-refractivity contribution in [1.82, 2.24) is 0 Å². The van der Waals surface area contributed by atoms with Gasteiger partial charge in [0.1, 0.15) is 6.10 Å². The molecule has 1 aromatic rings. The fourth-order valence-corrected chi connectivity index (χ4v) is 6.38. The summed E-state index contributed by atoms with van der Waals surface area (Å²) in [7, 11) is 0. The molecule has 2 nitrogen and oxygen atoms in total. The molecule has 3 rings (SSSR count). The highest BCUT2D eigenvalue weighted by atomic mass is 16.5. The van der Waals surface area contributed by atoms with Crippen LogP contribution in [-0.2, 0) is 4.74 Å². The second kappa shape index (κ2) is 16.3. The molecular weight excluding hydrogens is 440 g/mol. The Kier molecular flexibility index (Phi) is 13.1. The Labute approximate surface area is 222 Å². The van der Waals surface area contributed by atoms with Crippen LogP contribution in [0.25, 0.3) is 5.57 Å². The molecule has 2 unspecified atom stereocenters. The van der Waals surface area contributed by atoms with Gasteiger partial charge in [0.05, 0.1) is 5.56 Å². The van der Waals surface area contributed by atoms with Crippen LogP contribution in [0.5, 0.6) is 0 Å². The molecule has 2 aliphatic carbocycles. The van der Waals surface area contributed by atoms with E-state index in [0.717, 1.165) is 37.0 Å². The first-order valence-electron chi connectivity index (χ1n) is 15.6. The van der Waals surface area contributed by atoms with Gasteiger partial charge in [0, 0.05) is 0 Å². The van der Waals surface area contributed by atoms with E-state index >= 15 is 0 Å². The maximum Gasteiger partial charge on any atom is 0.338 e. The molecule has 0 bridgehead atoms. The van der Waals surface area contributed by atoms with E-state index in [2.05, 4.69) is 39.0 Å². The molecule has 2 atom stereocenters. The van der Waals surface area contributed by atoms with E-state index < -0.39 is 0 Å². The van der Waals surface area contributed by atoms with Gasteiger partial charge in [-0.3, -0.25) is 0 Å². The summed E-state index contributed by atoms with van der Waals surface area (Å²) in [6.07, 6.45) is 25.8. The van der Waals surface area contributed by atoms with Gasteiger partial charge in [-0.25, -0.2) is 4.79 Å². The van der Waals surface area contributed by atoms with Crippen molar-refractivity contribution in [2.24, 2.45) is 17.8 Å². The molecule has 0 aliphatic heterocycles. The van der Waals surface area contributed by atoms with Crippen molar-refractivity contribution in [3.63, 3.8) is 0 Å². The molecule has 1 saturated carbocycles. The molecule has 0 saturated heterocycles. The van der Waals surface area contributed by atoms with Crippen LogP contribution < -0.4 is 0 Å². The van der Waals surface area contributed by atoms with E-state index in [1.807, 2.05) is 12.1 Å². The van der Waals surface area contributed by atoms with Crippen molar-refractivity contribution in [1.29, 1.82) is 0 Å². The third-order valence-corrected chi connectivity index (χ3v) is 9.04. The van der Waals surface area contributed by atoms with Crippen LogP contribution in [-0.4, -0.2) is 12.1 Å². The zero-order valence-corrected chi connectivity index (χ0v) is 23.7. The molecule has 0 heterocycles. The van der Waals surface area contributed by atoms with E-state index in [0.29, 0.717) is 5.56 Å². The number of rotatable bonds is 15. The monoisotopic (exact) mass is 494 g/mol. The summed E-state index contributed by atoms with van der Waals surface area (Å²) < 4.78 is 5.91. The molecule has 1 fully saturated rings. The van der Waals surface area contributed by atoms with Crippen LogP contribution in [0, 0.1) is 17.8 Å². The summed E-state index contributed by atoms with van der Waals surface area (Å²) in [5, 5.41) is 0. The highest BCUT2D eigenvalue weighted by Gasteiger charge is 2.25. The predicted molar refractivity (Wildman–Crippen MR) is 154 cm³/mol. The second-order valence-electron chi connectivity index (χ2n) is 11.9. The molecule has 0 aromatic heterocycles. The smallest absolute Gasteiger partial charge is 0.338 e. The third-order valence-electron chi connectivity index (χ3n) is 9.04. The zero-order chi connectivity index (χ0) is 25.6. The Morgan fingerprint density at radius 1 is 0.861 bits per heavy atom. The van der Waals surface area contributed by atoms with Crippen molar-refractivity contribution >= 4 is 11.5 Å². The molecule has 0 spiro atoms. The predicted octanol–water partition coefficient (Wildman–Crippen LogP) is 10.6. The molecule has 0 N–H and O–H groups in total. The Bertz CT molecular complexity index is 769. The minimum Gasteiger partial charge on any atom is -0.459 e. The fraction of sp³-hybridized carbons (Fsp3) is 0.735. The zero-order valence-electron chi connectivity index (χ0n) is 23.7. The first kappa shape index (κ1) is 29.0. The SMILES string of the molecule is CCCCCCCCC1CCC(OC(=O)c2ccc(C3=CCC(C(C)CCCCC)CC3)cc2)CC1. The standard InChI is InChI=1S/C34H54O2/c1-4-6-8-9-10-12-14-28-15-25-33(26-16-28)36-34(35)32-23-21-31(22-24-32)30-19-17-29(18-20-30)27(3)13-11-7-5-2/h19,21-24,27-29,33H,4-18,20,25-26H2,1-3H3. The van der Waals surface area contributed by atoms with Gasteiger partial charge >= 0.3 is 5.97 Å². The lowest BCUT2D eigenvalue weighted by Gasteiger charge is -2.28. The number of allylic oxidation sites excluding steroid dienone is 2. The molecule has 2 heteroatoms. The first-order valence-corrected chi connectivity index (χ1v) is 15.6. The van der Waals surface area contributed by atoms with Crippen LogP contribution >= 0.6 is 0 Å². The molecular formula is C34H54O2. The average Bonchev–Trinajstić information content (AvgIpc) is 2.92. The molecule has 2 aliphatic rings. The normalized spacial score (nSPS) is 23.2. The van der Waals surface area contributed by atoms with Gasteiger partial charge in [-0.1, -0.05) is 110 Å². The minimum atomic E-state index is -0.139. The number of carbonyl (C=O) groups is 1. The van der Waals surface area contributed by atoms with Gasteiger partial charge in [-0.2, -0.15) is 0 Å². The van der Waals surface area contributed by atoms with Crippen LogP contribution in [0.2, 0.25) is 0 Å². The van der Waals surface area contributed by atoms with Gasteiger partial charge in [0.2, 0.25) is 0 Å². The molecule has 202 valence electrons. The van der Waals surface area contributed by atoms with Gasteiger partial charge in [-0.05, 0) is 86.0 Å². The summed E-state index contributed by atoms with van der Waals surface area (Å²) in [6.45, 7) is 7.01. The number of hydrogen-bond donors (Lipinski definition) is 0. The molecule has 1 aromatic carbocycles. The van der Waals surface area contributed by atoms with Crippen LogP contribution in [0.4, 0.5) is 0 Å². The Balaban J connectivity index is 1.36. The van der Waals surface area contributed by atoms with Gasteiger partial charge in [0.25, 0.3) is 0 Å². The number of hydrogen-bond acceptors (Lipinski definition) is 2. The van der Waals surface area contributed by atoms with Crippen molar-refractivity contribution in [2.45, 2.75) is 142 Å². The van der Waals surface area contributed by atoms with E-state index in [9.17, 15) is 4.79 Å². The van der Waals surface area contributed by atoms with Crippen molar-refractivity contribution in [3.05, 3.63) is 41.5 Å². The largest absolute Gasteiger partial charge is 0.459 e. The van der Waals surface area contributed by atoms with Crippen molar-refractivity contribution < 1.29 is 9.53 Å². The number of unbranched alkanes of at least 4 members (excludes halogenated alkanes) is 7. The van der Waals surface area contributed by atoms with Gasteiger partial charge in [-0.15, -0.1) is 0 Å². The van der Waals surface area contributed by atoms with Crippen LogP contribution in [0.1, 0.15) is 152 Å². The first-order chi connectivity index (χ1) is 17.6. The van der Waals surface area contributed by atoms with Crippen LogP contribution in [0.3, 0.4) is 0 Å². The number of ether oxygens (including phenoxy) is 1. The third kappa shape index (κ3) is 9.71. The molecule has 0 amide bonds. The summed E-state index contributed by atoms with van der Waals surface area (Å²) in [5.41, 5.74) is 3.43. The highest BCUT2D eigenvalue weighted by molar-refractivity contribution is 5.90. The molecule has 0 radical (unpaired) electrons. The van der Waals surface area contributed by atoms with E-state index in [1.165, 1.54) is 107 Å². The van der Waals surface area contributed by atoms with Crippen molar-refractivity contribution in [2.75, 3.05) is 0 Å². The Morgan fingerprint density at radius 2 is 1.53 bits per heavy atom. The highest BCUT2D eigenvalue weighted by Crippen LogP contribution is 2.36. The number of esters is 1. The number of benzene rings is 1. The van der Waals surface area contributed by atoms with E-state index in [4.69, 9.17) is 4.74 Å². The van der Waals surface area contributed by atoms with Gasteiger partial charge in [0.15, 0.2) is 0 Å². The van der Waals surface area contributed by atoms with E-state index in [1.54, 1.807) is 0 Å². The summed E-state index contributed by atoms with van der Waals surface area (Å²) in [4.78, 5) is 12.8. The van der Waals surface area contributed by atoms with Gasteiger partial charge < -0.3 is 4.74 Å². The Hall–Kier alpha value is -1.57. The maximum atomic E-state index is 12.8. The second-order valence-corrected chi connectivity index (χ2v) is 11.9. The lowest BCUT2D eigenvalue weighted by Crippen LogP contribution is -2.24. The Morgan fingerprint density at radius 3 is 2.19 bits per heavy atom. The summed E-state index contributed by atoms with van der Waals surface area (Å²) >= 11 is 0. The van der Waals surface area contributed by atoms with Crippen molar-refractivity contribution in [3.8, 4) is 0 Å². The van der Waals surface area contributed by atoms with Crippen LogP contribution in [0.15, 0.2) is 30.3 Å². The molecule has 36 heavy (non-hydrogen) atoms. The summed E-state index contributed by atoms with van der Waals surface area (Å²) in [6, 6.07) is 8.21.